The van der Waals surface area contributed by atoms with E-state index in [1.54, 1.807) is 24.3 Å². The van der Waals surface area contributed by atoms with Crippen LogP contribution in [0.2, 0.25) is 0 Å². The van der Waals surface area contributed by atoms with Crippen LogP contribution in [0.3, 0.4) is 0 Å². The van der Waals surface area contributed by atoms with Crippen LogP contribution in [0.1, 0.15) is 58.2 Å². The van der Waals surface area contributed by atoms with E-state index in [2.05, 4.69) is 0 Å². The van der Waals surface area contributed by atoms with Crippen LogP contribution in [-0.2, 0) is 38.4 Å². The topological polar surface area (TPSA) is 78.9 Å². The predicted octanol–water partition coefficient (Wildman–Crippen LogP) is 5.81. The van der Waals surface area contributed by atoms with Crippen LogP contribution in [0, 0.1) is 0 Å². The smallest absolute Gasteiger partial charge is 0.416 e. The summed E-state index contributed by atoms with van der Waals surface area (Å²) in [6.45, 7) is 0.356. The van der Waals surface area contributed by atoms with Gasteiger partial charge in [-0.3, -0.25) is 4.79 Å². The zero-order valence-corrected chi connectivity index (χ0v) is 22.2. The zero-order valence-electron chi connectivity index (χ0n) is 21.4. The molecule has 0 radical (unpaired) electrons. The maximum absolute atomic E-state index is 14.0. The number of benzene rings is 3. The average Bonchev–Trinajstić information content (AvgIpc) is 3.47. The monoisotopic (exact) mass is 560 g/mol. The number of esters is 1. The fourth-order valence-electron chi connectivity index (χ4n) is 5.34. The van der Waals surface area contributed by atoms with Gasteiger partial charge in [0.25, 0.3) is 0 Å². The number of alkyl halides is 3. The second-order valence-electron chi connectivity index (χ2n) is 9.88. The van der Waals surface area contributed by atoms with Crippen LogP contribution in [-0.4, -0.2) is 34.4 Å². The number of hydrogen-bond donors (Lipinski definition) is 0. The van der Waals surface area contributed by atoms with Gasteiger partial charge in [-0.1, -0.05) is 24.3 Å². The molecule has 10 heteroatoms. The molecule has 0 unspecified atom stereocenters. The van der Waals surface area contributed by atoms with Crippen molar-refractivity contribution in [2.75, 3.05) is 20.0 Å². The van der Waals surface area contributed by atoms with Gasteiger partial charge in [-0.15, -0.1) is 0 Å². The third kappa shape index (κ3) is 5.61. The van der Waals surface area contributed by atoms with E-state index < -0.39 is 27.7 Å². The van der Waals surface area contributed by atoms with Crippen molar-refractivity contribution in [2.24, 2.45) is 0 Å². The first-order valence-corrected chi connectivity index (χ1v) is 14.3. The first kappa shape index (κ1) is 27.1. The average molecular weight is 561 g/mol. The molecule has 0 saturated heterocycles. The fraction of sp³-hybridized carbons (Fsp3) is 0.345. The maximum atomic E-state index is 14.0. The first-order chi connectivity index (χ1) is 18.4. The number of methoxy groups -OCH3 is 1. The molecule has 6 nitrogen and oxygen atoms in total. The molecule has 5 rings (SSSR count). The molecule has 0 spiro atoms. The van der Waals surface area contributed by atoms with Gasteiger partial charge in [-0.2, -0.15) is 13.2 Å². The van der Waals surface area contributed by atoms with Gasteiger partial charge in [0.15, 0.2) is 9.84 Å². The van der Waals surface area contributed by atoms with Crippen LogP contribution in [0.15, 0.2) is 59.5 Å². The summed E-state index contributed by atoms with van der Waals surface area (Å²) in [5, 5.41) is 0. The number of fused-ring (bicyclic) bond motifs is 2. The zero-order chi connectivity index (χ0) is 27.9. The summed E-state index contributed by atoms with van der Waals surface area (Å²) in [5.74, 6) is 0.719. The first-order valence-electron chi connectivity index (χ1n) is 12.4. The van der Waals surface area contributed by atoms with E-state index in [1.165, 1.54) is 25.3 Å². The lowest BCUT2D eigenvalue weighted by Gasteiger charge is -2.20. The number of hydrogen-bond acceptors (Lipinski definition) is 6. The van der Waals surface area contributed by atoms with Crippen LogP contribution < -0.4 is 9.47 Å². The maximum Gasteiger partial charge on any atom is 0.416 e. The summed E-state index contributed by atoms with van der Waals surface area (Å²) >= 11 is 0. The van der Waals surface area contributed by atoms with Gasteiger partial charge >= 0.3 is 12.1 Å². The van der Waals surface area contributed by atoms with Crippen LogP contribution in [0.25, 0.3) is 0 Å². The Morgan fingerprint density at radius 3 is 2.44 bits per heavy atom. The Hall–Kier alpha value is -3.53. The van der Waals surface area contributed by atoms with Crippen molar-refractivity contribution in [3.8, 4) is 11.5 Å². The minimum atomic E-state index is -4.53. The lowest BCUT2D eigenvalue weighted by Crippen LogP contribution is -2.13. The number of rotatable bonds is 7. The quantitative estimate of drug-likeness (QED) is 0.340. The lowest BCUT2D eigenvalue weighted by atomic mass is 9.92. The van der Waals surface area contributed by atoms with Gasteiger partial charge in [-0.25, -0.2) is 8.42 Å². The van der Waals surface area contributed by atoms with Gasteiger partial charge in [0, 0.05) is 23.8 Å². The Morgan fingerprint density at radius 1 is 1.05 bits per heavy atom. The molecule has 0 amide bonds. The summed E-state index contributed by atoms with van der Waals surface area (Å²) in [7, 11) is -2.07. The largest absolute Gasteiger partial charge is 0.492 e. The van der Waals surface area contributed by atoms with E-state index in [9.17, 15) is 26.4 Å². The summed E-state index contributed by atoms with van der Waals surface area (Å²) in [6.07, 6.45) is -2.72. The van der Waals surface area contributed by atoms with Gasteiger partial charge in [0.05, 0.1) is 30.6 Å². The molecule has 1 heterocycles. The molecular weight excluding hydrogens is 533 g/mol. The highest BCUT2D eigenvalue weighted by molar-refractivity contribution is 7.90. The van der Waals surface area contributed by atoms with Gasteiger partial charge in [0.2, 0.25) is 0 Å². The van der Waals surface area contributed by atoms with Crippen LogP contribution >= 0.6 is 0 Å². The number of carbonyl (C=O) groups excluding carboxylic acids is 1. The Morgan fingerprint density at radius 2 is 1.77 bits per heavy atom. The summed E-state index contributed by atoms with van der Waals surface area (Å²) in [5.41, 5.74) is 2.27. The third-order valence-corrected chi connectivity index (χ3v) is 8.42. The molecule has 3 aromatic carbocycles. The van der Waals surface area contributed by atoms with Crippen molar-refractivity contribution < 1.29 is 40.6 Å². The van der Waals surface area contributed by atoms with Crippen molar-refractivity contribution >= 4 is 15.8 Å². The highest BCUT2D eigenvalue weighted by atomic mass is 32.2. The highest BCUT2D eigenvalue weighted by Crippen LogP contribution is 2.44. The number of sulfone groups is 1. The normalized spacial score (nSPS) is 18.3. The predicted molar refractivity (Wildman–Crippen MR) is 137 cm³/mol. The molecule has 2 atom stereocenters. The van der Waals surface area contributed by atoms with Crippen molar-refractivity contribution in [3.63, 3.8) is 0 Å². The van der Waals surface area contributed by atoms with Crippen LogP contribution in [0.5, 0.6) is 11.5 Å². The second kappa shape index (κ2) is 10.2. The Bertz CT molecular complexity index is 1510. The SMILES string of the molecule is COC(=O)C[C@@H]1COc2cc(O[C@@H]3CCc4c3ccc(C(F)(F)F)c4Cc3ccc(S(C)(=O)=O)cc3)ccc21. The van der Waals surface area contributed by atoms with Crippen molar-refractivity contribution in [1.82, 2.24) is 0 Å². The second-order valence-corrected chi connectivity index (χ2v) is 11.9. The van der Waals surface area contributed by atoms with Gasteiger partial charge in [-0.05, 0) is 65.8 Å². The van der Waals surface area contributed by atoms with E-state index in [1.807, 2.05) is 6.07 Å². The number of halogens is 3. The molecule has 0 fully saturated rings. The summed E-state index contributed by atoms with van der Waals surface area (Å²) < 4.78 is 82.2. The molecule has 0 N–H and O–H groups in total. The fourth-order valence-corrected chi connectivity index (χ4v) is 5.97. The molecule has 1 aliphatic carbocycles. The Kier molecular flexibility index (Phi) is 7.09. The highest BCUT2D eigenvalue weighted by Gasteiger charge is 2.37. The van der Waals surface area contributed by atoms with E-state index in [4.69, 9.17) is 14.2 Å². The standard InChI is InChI=1S/C29H27F3O6S/c1-36-28(33)14-18-16-37-27-15-19(5-8-21(18)27)38-26-12-10-22-23(26)9-11-25(29(30,31)32)24(22)13-17-3-6-20(7-4-17)39(2,34)35/h3-9,11,15,18,26H,10,12-14,16H2,1-2H3/t18-,26-/m1/s1. The van der Waals surface area contributed by atoms with E-state index in [-0.39, 0.29) is 35.2 Å². The summed E-state index contributed by atoms with van der Waals surface area (Å²) in [4.78, 5) is 11.8. The molecular formula is C29H27F3O6S. The van der Waals surface area contributed by atoms with Crippen molar-refractivity contribution in [2.45, 2.75) is 48.8 Å². The minimum absolute atomic E-state index is 0.0169. The molecule has 39 heavy (non-hydrogen) atoms. The molecule has 0 bridgehead atoms. The Balaban J connectivity index is 1.41. The van der Waals surface area contributed by atoms with Crippen molar-refractivity contribution in [1.29, 1.82) is 0 Å². The van der Waals surface area contributed by atoms with Crippen LogP contribution in [0.4, 0.5) is 13.2 Å². The Labute approximate surface area is 224 Å². The van der Waals surface area contributed by atoms with E-state index in [0.29, 0.717) is 47.6 Å². The summed E-state index contributed by atoms with van der Waals surface area (Å²) in [6, 6.07) is 13.9. The number of carbonyl (C=O) groups is 1. The minimum Gasteiger partial charge on any atom is -0.492 e. The molecule has 3 aromatic rings. The molecule has 206 valence electrons. The molecule has 0 saturated carbocycles. The van der Waals surface area contributed by atoms with E-state index in [0.717, 1.165) is 17.9 Å². The molecule has 1 aliphatic heterocycles. The lowest BCUT2D eigenvalue weighted by molar-refractivity contribution is -0.141. The van der Waals surface area contributed by atoms with Gasteiger partial charge in [0.1, 0.15) is 17.6 Å². The molecule has 0 aromatic heterocycles. The van der Waals surface area contributed by atoms with Crippen molar-refractivity contribution in [3.05, 3.63) is 88.0 Å². The number of ether oxygens (including phenoxy) is 3. The molecule has 2 aliphatic rings. The van der Waals surface area contributed by atoms with E-state index >= 15 is 0 Å². The van der Waals surface area contributed by atoms with Gasteiger partial charge < -0.3 is 14.2 Å². The third-order valence-electron chi connectivity index (χ3n) is 7.29.